The maximum Gasteiger partial charge on any atom is 0.316 e. The van der Waals surface area contributed by atoms with Crippen molar-refractivity contribution >= 4 is 5.91 Å². The van der Waals surface area contributed by atoms with Crippen molar-refractivity contribution < 1.29 is 13.7 Å². The van der Waals surface area contributed by atoms with Crippen LogP contribution >= 0.6 is 0 Å². The van der Waals surface area contributed by atoms with E-state index in [-0.39, 0.29) is 35.7 Å². The molecule has 1 amide bonds. The Balaban J connectivity index is 1.80. The van der Waals surface area contributed by atoms with Crippen molar-refractivity contribution in [3.63, 3.8) is 0 Å². The molecule has 2 heterocycles. The Labute approximate surface area is 154 Å². The van der Waals surface area contributed by atoms with Crippen LogP contribution in [-0.4, -0.2) is 31.9 Å². The van der Waals surface area contributed by atoms with Gasteiger partial charge in [-0.25, -0.2) is 9.07 Å². The number of carbonyl (C=O) groups excluding carboxylic acids is 1. The standard InChI is InChI=1S/C18H18FN5O3/c1-3-11(2)20-17(26)18-21-15(23-27-18)10-24-16(25)9-8-14(22-24)12-4-6-13(19)7-5-12/h4-9,11H,3,10H2,1-2H3,(H,20,26). The maximum atomic E-state index is 13.1. The number of hydrogen-bond donors (Lipinski definition) is 1. The zero-order valence-electron chi connectivity index (χ0n) is 14.8. The number of nitrogens with zero attached hydrogens (tertiary/aromatic N) is 4. The first-order chi connectivity index (χ1) is 13.0. The lowest BCUT2D eigenvalue weighted by molar-refractivity contribution is 0.0895. The van der Waals surface area contributed by atoms with Crippen molar-refractivity contribution in [1.29, 1.82) is 0 Å². The summed E-state index contributed by atoms with van der Waals surface area (Å²) in [5.74, 6) is -0.853. The van der Waals surface area contributed by atoms with E-state index >= 15 is 0 Å². The van der Waals surface area contributed by atoms with Crippen molar-refractivity contribution in [2.75, 3.05) is 0 Å². The summed E-state index contributed by atoms with van der Waals surface area (Å²) in [5.41, 5.74) is 0.788. The minimum atomic E-state index is -0.469. The van der Waals surface area contributed by atoms with Gasteiger partial charge in [0, 0.05) is 17.7 Å². The van der Waals surface area contributed by atoms with E-state index in [1.807, 2.05) is 13.8 Å². The van der Waals surface area contributed by atoms with Crippen LogP contribution in [0.5, 0.6) is 0 Å². The highest BCUT2D eigenvalue weighted by molar-refractivity contribution is 5.89. The molecular weight excluding hydrogens is 353 g/mol. The van der Waals surface area contributed by atoms with Crippen LogP contribution in [0.4, 0.5) is 4.39 Å². The van der Waals surface area contributed by atoms with E-state index in [0.29, 0.717) is 11.3 Å². The third-order valence-electron chi connectivity index (χ3n) is 3.95. The van der Waals surface area contributed by atoms with Crippen LogP contribution in [0.3, 0.4) is 0 Å². The van der Waals surface area contributed by atoms with E-state index in [1.54, 1.807) is 18.2 Å². The van der Waals surface area contributed by atoms with Crippen LogP contribution in [0.15, 0.2) is 45.7 Å². The smallest absolute Gasteiger partial charge is 0.316 e. The average Bonchev–Trinajstić information content (AvgIpc) is 3.13. The van der Waals surface area contributed by atoms with Gasteiger partial charge in [0.05, 0.1) is 5.69 Å². The molecule has 8 nitrogen and oxygen atoms in total. The third-order valence-corrected chi connectivity index (χ3v) is 3.95. The quantitative estimate of drug-likeness (QED) is 0.711. The molecule has 1 unspecified atom stereocenters. The van der Waals surface area contributed by atoms with E-state index in [4.69, 9.17) is 4.52 Å². The van der Waals surface area contributed by atoms with Crippen LogP contribution in [0, 0.1) is 5.82 Å². The molecule has 0 aliphatic carbocycles. The normalized spacial score (nSPS) is 12.0. The van der Waals surface area contributed by atoms with E-state index < -0.39 is 5.91 Å². The Morgan fingerprint density at radius 2 is 2.00 bits per heavy atom. The highest BCUT2D eigenvalue weighted by atomic mass is 19.1. The third kappa shape index (κ3) is 4.43. The Morgan fingerprint density at radius 3 is 2.70 bits per heavy atom. The van der Waals surface area contributed by atoms with Gasteiger partial charge in [0.25, 0.3) is 5.56 Å². The van der Waals surface area contributed by atoms with Gasteiger partial charge in [-0.2, -0.15) is 10.1 Å². The van der Waals surface area contributed by atoms with Crippen molar-refractivity contribution in [3.05, 3.63) is 64.3 Å². The SMILES string of the molecule is CCC(C)NC(=O)c1nc(Cn2nc(-c3ccc(F)cc3)ccc2=O)no1. The van der Waals surface area contributed by atoms with E-state index in [2.05, 4.69) is 20.6 Å². The van der Waals surface area contributed by atoms with Gasteiger partial charge in [0.2, 0.25) is 0 Å². The minimum absolute atomic E-state index is 0.0236. The van der Waals surface area contributed by atoms with Gasteiger partial charge in [-0.15, -0.1) is 0 Å². The molecule has 0 radical (unpaired) electrons. The Kier molecular flexibility index (Phi) is 5.39. The van der Waals surface area contributed by atoms with Gasteiger partial charge in [0.1, 0.15) is 12.4 Å². The highest BCUT2D eigenvalue weighted by Gasteiger charge is 2.17. The highest BCUT2D eigenvalue weighted by Crippen LogP contribution is 2.15. The molecule has 3 aromatic rings. The van der Waals surface area contributed by atoms with Gasteiger partial charge >= 0.3 is 11.8 Å². The number of amides is 1. The molecule has 0 aliphatic heterocycles. The van der Waals surface area contributed by atoms with Crippen molar-refractivity contribution in [2.24, 2.45) is 0 Å². The molecule has 0 saturated carbocycles. The number of carbonyl (C=O) groups is 1. The van der Waals surface area contributed by atoms with Crippen LogP contribution in [0.1, 0.15) is 36.8 Å². The number of halogens is 1. The molecule has 0 fully saturated rings. The molecule has 2 aromatic heterocycles. The summed E-state index contributed by atoms with van der Waals surface area (Å²) in [6.45, 7) is 3.74. The fourth-order valence-corrected chi connectivity index (χ4v) is 2.27. The van der Waals surface area contributed by atoms with Crippen LogP contribution in [-0.2, 0) is 6.54 Å². The lowest BCUT2D eigenvalue weighted by atomic mass is 10.1. The second-order valence-corrected chi connectivity index (χ2v) is 6.02. The van der Waals surface area contributed by atoms with Gasteiger partial charge in [-0.05, 0) is 43.7 Å². The summed E-state index contributed by atoms with van der Waals surface area (Å²) in [6.07, 6.45) is 0.766. The largest absolute Gasteiger partial charge is 0.345 e. The van der Waals surface area contributed by atoms with Gasteiger partial charge in [-0.3, -0.25) is 9.59 Å². The summed E-state index contributed by atoms with van der Waals surface area (Å²) in [6, 6.07) is 8.64. The molecule has 140 valence electrons. The lowest BCUT2D eigenvalue weighted by Gasteiger charge is -2.07. The molecule has 3 rings (SSSR count). The van der Waals surface area contributed by atoms with E-state index in [0.717, 1.165) is 11.1 Å². The molecular formula is C18H18FN5O3. The number of rotatable bonds is 6. The molecule has 1 atom stereocenters. The van der Waals surface area contributed by atoms with Crippen LogP contribution in [0.2, 0.25) is 0 Å². The summed E-state index contributed by atoms with van der Waals surface area (Å²) < 4.78 is 19.2. The topological polar surface area (TPSA) is 103 Å². The minimum Gasteiger partial charge on any atom is -0.345 e. The first kappa shape index (κ1) is 18.4. The van der Waals surface area contributed by atoms with Gasteiger partial charge < -0.3 is 9.84 Å². The summed E-state index contributed by atoms with van der Waals surface area (Å²) in [5, 5.41) is 10.7. The molecule has 0 saturated heterocycles. The predicted molar refractivity (Wildman–Crippen MR) is 94.5 cm³/mol. The second-order valence-electron chi connectivity index (χ2n) is 6.02. The van der Waals surface area contributed by atoms with Gasteiger partial charge in [0.15, 0.2) is 5.82 Å². The fraction of sp³-hybridized carbons (Fsp3) is 0.278. The molecule has 1 N–H and O–H groups in total. The van der Waals surface area contributed by atoms with E-state index in [1.165, 1.54) is 18.2 Å². The summed E-state index contributed by atoms with van der Waals surface area (Å²) in [7, 11) is 0. The van der Waals surface area contributed by atoms with Crippen LogP contribution in [0.25, 0.3) is 11.3 Å². The predicted octanol–water partition coefficient (Wildman–Crippen LogP) is 2.01. The molecule has 0 spiro atoms. The maximum absolute atomic E-state index is 13.1. The molecule has 27 heavy (non-hydrogen) atoms. The molecule has 0 bridgehead atoms. The monoisotopic (exact) mass is 371 g/mol. The summed E-state index contributed by atoms with van der Waals surface area (Å²) in [4.78, 5) is 28.1. The van der Waals surface area contributed by atoms with Crippen molar-refractivity contribution in [1.82, 2.24) is 25.2 Å². The van der Waals surface area contributed by atoms with Gasteiger partial charge in [-0.1, -0.05) is 12.1 Å². The Morgan fingerprint density at radius 1 is 1.26 bits per heavy atom. The lowest BCUT2D eigenvalue weighted by Crippen LogP contribution is -2.32. The number of nitrogens with one attached hydrogen (secondary N) is 1. The van der Waals surface area contributed by atoms with Crippen molar-refractivity contribution in [2.45, 2.75) is 32.9 Å². The zero-order valence-corrected chi connectivity index (χ0v) is 14.8. The molecule has 0 aliphatic rings. The van der Waals surface area contributed by atoms with Crippen molar-refractivity contribution in [3.8, 4) is 11.3 Å². The first-order valence-electron chi connectivity index (χ1n) is 8.44. The number of aromatic nitrogens is 4. The summed E-state index contributed by atoms with van der Waals surface area (Å²) >= 11 is 0. The fourth-order valence-electron chi connectivity index (χ4n) is 2.27. The number of benzene rings is 1. The first-order valence-corrected chi connectivity index (χ1v) is 8.44. The number of hydrogen-bond acceptors (Lipinski definition) is 6. The van der Waals surface area contributed by atoms with Crippen LogP contribution < -0.4 is 10.9 Å². The van der Waals surface area contributed by atoms with E-state index in [9.17, 15) is 14.0 Å². The zero-order chi connectivity index (χ0) is 19.4. The molecule has 1 aromatic carbocycles. The Bertz CT molecular complexity index is 997. The second kappa shape index (κ2) is 7.90. The average molecular weight is 371 g/mol. The molecule has 9 heteroatoms. The Hall–Kier alpha value is -3.36.